The highest BCUT2D eigenvalue weighted by atomic mass is 14.9. The maximum Gasteiger partial charge on any atom is 0.0802 e. The molecule has 4 aromatic carbocycles. The van der Waals surface area contributed by atoms with Crippen molar-refractivity contribution in [3.8, 4) is 0 Å². The van der Waals surface area contributed by atoms with Crippen LogP contribution in [0.1, 0.15) is 85.4 Å². The van der Waals surface area contributed by atoms with Crippen LogP contribution >= 0.6 is 0 Å². The fourth-order valence-electron chi connectivity index (χ4n) is 5.29. The van der Waals surface area contributed by atoms with Crippen LogP contribution in [0.15, 0.2) is 102 Å². The summed E-state index contributed by atoms with van der Waals surface area (Å²) in [5, 5.41) is 3.91. The molecule has 0 aliphatic carbocycles. The molecule has 4 aromatic rings. The van der Waals surface area contributed by atoms with Crippen molar-refractivity contribution in [2.45, 2.75) is 58.4 Å². The van der Waals surface area contributed by atoms with Gasteiger partial charge in [0.25, 0.3) is 0 Å². The van der Waals surface area contributed by atoms with Crippen LogP contribution in [0, 0.1) is 0 Å². The highest BCUT2D eigenvalue weighted by Gasteiger charge is 2.24. The van der Waals surface area contributed by atoms with Gasteiger partial charge in [-0.2, -0.15) is 0 Å². The molecule has 1 unspecified atom stereocenters. The lowest BCUT2D eigenvalue weighted by molar-refractivity contribution is 0.667. The van der Waals surface area contributed by atoms with Crippen molar-refractivity contribution in [1.29, 1.82) is 0 Å². The Labute approximate surface area is 216 Å². The largest absolute Gasteiger partial charge is 0.377 e. The van der Waals surface area contributed by atoms with E-state index in [1.807, 2.05) is 0 Å². The Morgan fingerprint density at radius 3 is 1.97 bits per heavy atom. The van der Waals surface area contributed by atoms with Crippen molar-refractivity contribution in [2.75, 3.05) is 5.32 Å². The van der Waals surface area contributed by atoms with Crippen LogP contribution in [-0.2, 0) is 6.42 Å². The van der Waals surface area contributed by atoms with E-state index in [1.165, 1.54) is 33.5 Å². The van der Waals surface area contributed by atoms with E-state index in [0.717, 1.165) is 29.8 Å². The van der Waals surface area contributed by atoms with Crippen molar-refractivity contribution in [3.63, 3.8) is 0 Å². The first-order valence-electron chi connectivity index (χ1n) is 13.2. The maximum atomic E-state index is 5.52. The highest BCUT2D eigenvalue weighted by molar-refractivity contribution is 6.17. The zero-order valence-corrected chi connectivity index (χ0v) is 21.8. The lowest BCUT2D eigenvalue weighted by atomic mass is 9.88. The summed E-state index contributed by atoms with van der Waals surface area (Å²) in [7, 11) is 0. The third-order valence-corrected chi connectivity index (χ3v) is 7.24. The number of hydrogen-bond donors (Lipinski definition) is 1. The molecule has 2 heteroatoms. The second kappa shape index (κ2) is 10.5. The molecule has 5 rings (SSSR count). The summed E-state index contributed by atoms with van der Waals surface area (Å²) < 4.78 is 0. The molecule has 1 heterocycles. The van der Waals surface area contributed by atoms with Crippen LogP contribution in [0.3, 0.4) is 0 Å². The van der Waals surface area contributed by atoms with Gasteiger partial charge in [0.05, 0.1) is 17.4 Å². The fourth-order valence-corrected chi connectivity index (χ4v) is 5.29. The first-order chi connectivity index (χ1) is 17.5. The number of aliphatic imine (C=N–C) groups is 1. The summed E-state index contributed by atoms with van der Waals surface area (Å²) >= 11 is 0. The van der Waals surface area contributed by atoms with Gasteiger partial charge in [0.2, 0.25) is 0 Å². The second-order valence-electron chi connectivity index (χ2n) is 10.4. The fraction of sp³-hybridized carbons (Fsp3) is 0.265. The molecule has 1 atom stereocenters. The van der Waals surface area contributed by atoms with E-state index in [0.29, 0.717) is 17.9 Å². The molecule has 0 spiro atoms. The average molecular weight is 473 g/mol. The molecule has 36 heavy (non-hydrogen) atoms. The molecule has 0 fully saturated rings. The molecule has 1 aliphatic heterocycles. The van der Waals surface area contributed by atoms with Crippen LogP contribution < -0.4 is 5.32 Å². The molecule has 0 bridgehead atoms. The maximum absolute atomic E-state index is 5.52. The second-order valence-corrected chi connectivity index (χ2v) is 10.4. The Morgan fingerprint density at radius 2 is 1.33 bits per heavy atom. The summed E-state index contributed by atoms with van der Waals surface area (Å²) in [5.41, 5.74) is 11.0. The van der Waals surface area contributed by atoms with Crippen molar-refractivity contribution < 1.29 is 0 Å². The summed E-state index contributed by atoms with van der Waals surface area (Å²) in [6.45, 7) is 9.04. The minimum absolute atomic E-state index is 0.297. The van der Waals surface area contributed by atoms with E-state index in [2.05, 4.69) is 130 Å². The highest BCUT2D eigenvalue weighted by Crippen LogP contribution is 2.39. The predicted octanol–water partition coefficient (Wildman–Crippen LogP) is 9.20. The molecule has 0 radical (unpaired) electrons. The Hall–Kier alpha value is -3.65. The number of fused-ring (bicyclic) bond motifs is 1. The van der Waals surface area contributed by atoms with Gasteiger partial charge < -0.3 is 5.32 Å². The van der Waals surface area contributed by atoms with E-state index < -0.39 is 0 Å². The van der Waals surface area contributed by atoms with E-state index >= 15 is 0 Å². The number of aryl methyl sites for hydroxylation is 1. The van der Waals surface area contributed by atoms with Gasteiger partial charge in [-0.25, -0.2) is 4.99 Å². The van der Waals surface area contributed by atoms with Crippen LogP contribution in [0.4, 0.5) is 11.4 Å². The van der Waals surface area contributed by atoms with E-state index in [1.54, 1.807) is 0 Å². The minimum Gasteiger partial charge on any atom is -0.377 e. The van der Waals surface area contributed by atoms with Crippen molar-refractivity contribution >= 4 is 17.1 Å². The van der Waals surface area contributed by atoms with Crippen LogP contribution in [0.2, 0.25) is 0 Å². The third kappa shape index (κ3) is 4.86. The monoisotopic (exact) mass is 472 g/mol. The van der Waals surface area contributed by atoms with Crippen LogP contribution in [0.25, 0.3) is 0 Å². The SMILES string of the molecule is CC(C)c1cccc(C(C)C)c1N=C(c1ccccc1)c1cccc2c1NC(c1ccccc1)CC2. The van der Waals surface area contributed by atoms with Crippen LogP contribution in [0.5, 0.6) is 0 Å². The van der Waals surface area contributed by atoms with Crippen molar-refractivity contribution in [1.82, 2.24) is 0 Å². The van der Waals surface area contributed by atoms with Crippen molar-refractivity contribution in [3.05, 3.63) is 130 Å². The Balaban J connectivity index is 1.71. The van der Waals surface area contributed by atoms with Gasteiger partial charge in [-0.1, -0.05) is 125 Å². The lowest BCUT2D eigenvalue weighted by Gasteiger charge is -2.30. The standard InChI is InChI=1S/C34H36N2/c1-23(2)28-18-12-19-29(24(3)4)34(28)36-33(26-15-9-6-10-16-26)30-20-11-17-27-21-22-31(35-32(27)30)25-13-7-5-8-14-25/h5-20,23-24,31,35H,21-22H2,1-4H3. The van der Waals surface area contributed by atoms with E-state index in [4.69, 9.17) is 4.99 Å². The Bertz CT molecular complexity index is 1320. The van der Waals surface area contributed by atoms with Gasteiger partial charge in [-0.05, 0) is 46.9 Å². The van der Waals surface area contributed by atoms with Gasteiger partial charge >= 0.3 is 0 Å². The zero-order valence-electron chi connectivity index (χ0n) is 21.8. The summed E-state index contributed by atoms with van der Waals surface area (Å²) in [5.74, 6) is 0.787. The summed E-state index contributed by atoms with van der Waals surface area (Å²) in [6, 6.07) is 35.1. The first-order valence-corrected chi connectivity index (χ1v) is 13.2. The molecular formula is C34H36N2. The number of nitrogens with one attached hydrogen (secondary N) is 1. The molecule has 1 N–H and O–H groups in total. The molecule has 1 aliphatic rings. The number of anilines is 1. The predicted molar refractivity (Wildman–Crippen MR) is 154 cm³/mol. The average Bonchev–Trinajstić information content (AvgIpc) is 2.92. The molecule has 2 nitrogen and oxygen atoms in total. The smallest absolute Gasteiger partial charge is 0.0802 e. The van der Waals surface area contributed by atoms with Gasteiger partial charge in [0, 0.05) is 16.8 Å². The molecule has 0 aromatic heterocycles. The summed E-state index contributed by atoms with van der Waals surface area (Å²) in [6.07, 6.45) is 2.14. The number of nitrogens with zero attached hydrogens (tertiary/aromatic N) is 1. The molecular weight excluding hydrogens is 436 g/mol. The van der Waals surface area contributed by atoms with Crippen LogP contribution in [-0.4, -0.2) is 5.71 Å². The van der Waals surface area contributed by atoms with E-state index in [9.17, 15) is 0 Å². The summed E-state index contributed by atoms with van der Waals surface area (Å²) in [4.78, 5) is 5.52. The molecule has 0 saturated carbocycles. The lowest BCUT2D eigenvalue weighted by Crippen LogP contribution is -2.21. The number of para-hydroxylation sites is 2. The van der Waals surface area contributed by atoms with Gasteiger partial charge in [-0.3, -0.25) is 0 Å². The topological polar surface area (TPSA) is 24.4 Å². The van der Waals surface area contributed by atoms with Gasteiger partial charge in [0.15, 0.2) is 0 Å². The zero-order chi connectivity index (χ0) is 25.1. The molecule has 182 valence electrons. The first kappa shape index (κ1) is 24.1. The Morgan fingerprint density at radius 1 is 0.722 bits per heavy atom. The number of rotatable bonds is 6. The van der Waals surface area contributed by atoms with E-state index in [-0.39, 0.29) is 0 Å². The quantitative estimate of drug-likeness (QED) is 0.278. The third-order valence-electron chi connectivity index (χ3n) is 7.24. The van der Waals surface area contributed by atoms with Gasteiger partial charge in [-0.15, -0.1) is 0 Å². The number of hydrogen-bond acceptors (Lipinski definition) is 2. The van der Waals surface area contributed by atoms with Crippen molar-refractivity contribution in [2.24, 2.45) is 4.99 Å². The number of benzene rings is 4. The van der Waals surface area contributed by atoms with Gasteiger partial charge in [0.1, 0.15) is 0 Å². The molecule has 0 amide bonds. The minimum atomic E-state index is 0.297. The Kier molecular flexibility index (Phi) is 7.04. The molecule has 0 saturated heterocycles. The normalized spacial score (nSPS) is 15.6.